The van der Waals surface area contributed by atoms with E-state index in [1.807, 2.05) is 36.4 Å². The summed E-state index contributed by atoms with van der Waals surface area (Å²) in [5, 5.41) is 4.70. The Bertz CT molecular complexity index is 3450. The average molecular weight is 781 g/mol. The highest BCUT2D eigenvalue weighted by atomic mass is 16.5. The Kier molecular flexibility index (Phi) is 8.10. The normalized spacial score (nSPS) is 12.0. The van der Waals surface area contributed by atoms with E-state index in [9.17, 15) is 0 Å². The van der Waals surface area contributed by atoms with Gasteiger partial charge in [0.25, 0.3) is 0 Å². The summed E-state index contributed by atoms with van der Waals surface area (Å²) in [5.74, 6) is 3.12. The van der Waals surface area contributed by atoms with Gasteiger partial charge in [0.05, 0.1) is 28.1 Å². The quantitative estimate of drug-likeness (QED) is 0.169. The first-order valence-electron chi connectivity index (χ1n) is 20.6. The molecule has 0 fully saturated rings. The van der Waals surface area contributed by atoms with E-state index < -0.39 is 0 Å². The Morgan fingerprint density at radius 3 is 1.84 bits per heavy atom. The van der Waals surface area contributed by atoms with Gasteiger partial charge in [-0.25, -0.2) is 9.97 Å². The molecule has 5 heteroatoms. The van der Waals surface area contributed by atoms with Gasteiger partial charge in [-0.2, -0.15) is 0 Å². The van der Waals surface area contributed by atoms with Crippen LogP contribution in [0.4, 0.5) is 17.1 Å². The second-order valence-electron chi connectivity index (χ2n) is 15.4. The summed E-state index contributed by atoms with van der Waals surface area (Å²) in [6.07, 6.45) is 0. The number of fused-ring (bicyclic) bond motifs is 6. The van der Waals surface area contributed by atoms with E-state index in [2.05, 4.69) is 191 Å². The molecule has 12 rings (SSSR count). The van der Waals surface area contributed by atoms with Gasteiger partial charge >= 0.3 is 0 Å². The van der Waals surface area contributed by atoms with Crippen molar-refractivity contribution in [2.45, 2.75) is 0 Å². The van der Waals surface area contributed by atoms with Gasteiger partial charge in [0.1, 0.15) is 5.82 Å². The van der Waals surface area contributed by atoms with Crippen molar-refractivity contribution >= 4 is 49.6 Å². The highest BCUT2D eigenvalue weighted by Crippen LogP contribution is 2.51. The van der Waals surface area contributed by atoms with Crippen LogP contribution in [0.15, 0.2) is 218 Å². The topological polar surface area (TPSA) is 43.2 Å². The minimum Gasteiger partial charge on any atom is -0.453 e. The van der Waals surface area contributed by atoms with Crippen molar-refractivity contribution < 1.29 is 4.74 Å². The van der Waals surface area contributed by atoms with Gasteiger partial charge in [-0.1, -0.05) is 158 Å². The van der Waals surface area contributed by atoms with Crippen LogP contribution in [0, 0.1) is 0 Å². The van der Waals surface area contributed by atoms with E-state index in [0.717, 1.165) is 89.7 Å². The molecule has 0 atom stereocenters. The third kappa shape index (κ3) is 6.02. The highest BCUT2D eigenvalue weighted by Gasteiger charge is 2.26. The van der Waals surface area contributed by atoms with Crippen LogP contribution >= 0.6 is 0 Å². The van der Waals surface area contributed by atoms with E-state index in [0.29, 0.717) is 5.82 Å². The van der Waals surface area contributed by atoms with Crippen LogP contribution in [0.5, 0.6) is 11.5 Å². The maximum atomic E-state index is 6.66. The molecule has 1 aliphatic heterocycles. The summed E-state index contributed by atoms with van der Waals surface area (Å²) in [5.41, 5.74) is 12.6. The Balaban J connectivity index is 0.977. The molecular weight excluding hydrogens is 745 g/mol. The Morgan fingerprint density at radius 1 is 0.361 bits per heavy atom. The molecule has 0 unspecified atom stereocenters. The molecule has 1 aliphatic rings. The summed E-state index contributed by atoms with van der Waals surface area (Å²) in [6.45, 7) is 0. The third-order valence-electron chi connectivity index (χ3n) is 11.8. The van der Waals surface area contributed by atoms with Gasteiger partial charge in [0.2, 0.25) is 0 Å². The third-order valence-corrected chi connectivity index (χ3v) is 11.8. The van der Waals surface area contributed by atoms with Crippen molar-refractivity contribution in [2.75, 3.05) is 4.90 Å². The van der Waals surface area contributed by atoms with Crippen molar-refractivity contribution in [3.8, 4) is 62.2 Å². The smallest absolute Gasteiger partial charge is 0.162 e. The number of anilines is 3. The minimum absolute atomic E-state index is 0.677. The van der Waals surface area contributed by atoms with Gasteiger partial charge < -0.3 is 9.64 Å². The predicted molar refractivity (Wildman–Crippen MR) is 250 cm³/mol. The number of hydrogen-bond donors (Lipinski definition) is 0. The number of hydrogen-bond acceptors (Lipinski definition) is 4. The number of rotatable bonds is 6. The first kappa shape index (κ1) is 34.7. The zero-order chi connectivity index (χ0) is 40.3. The van der Waals surface area contributed by atoms with E-state index in [1.54, 1.807) is 0 Å². The van der Waals surface area contributed by atoms with Crippen LogP contribution in [0.2, 0.25) is 0 Å². The molecule has 3 heterocycles. The lowest BCUT2D eigenvalue weighted by atomic mass is 10.0. The maximum Gasteiger partial charge on any atom is 0.162 e. The molecule has 0 amide bonds. The number of ether oxygens (including phenoxy) is 1. The summed E-state index contributed by atoms with van der Waals surface area (Å²) < 4.78 is 8.94. The molecule has 61 heavy (non-hydrogen) atoms. The lowest BCUT2D eigenvalue weighted by molar-refractivity contribution is 0.477. The highest BCUT2D eigenvalue weighted by molar-refractivity contribution is 6.10. The fourth-order valence-corrected chi connectivity index (χ4v) is 8.81. The zero-order valence-electron chi connectivity index (χ0n) is 33.0. The van der Waals surface area contributed by atoms with E-state index in [1.165, 1.54) is 16.3 Å². The maximum absolute atomic E-state index is 6.66. The lowest BCUT2D eigenvalue weighted by Crippen LogP contribution is -2.15. The van der Waals surface area contributed by atoms with Crippen molar-refractivity contribution in [2.24, 2.45) is 0 Å². The molecule has 286 valence electrons. The van der Waals surface area contributed by atoms with Crippen molar-refractivity contribution in [1.82, 2.24) is 14.5 Å². The average Bonchev–Trinajstić information content (AvgIpc) is 3.67. The van der Waals surface area contributed by atoms with Crippen molar-refractivity contribution in [1.29, 1.82) is 0 Å². The van der Waals surface area contributed by atoms with Crippen LogP contribution in [-0.2, 0) is 0 Å². The zero-order valence-corrected chi connectivity index (χ0v) is 33.0. The molecule has 9 aromatic carbocycles. The first-order chi connectivity index (χ1) is 30.2. The standard InChI is InChI=1S/C56H36N4O/c1-3-13-37(14-4-1)39-23-25-40(26-24-39)48-36-55(58-56(57-48)41-16-5-2-6-17-41)60-49-20-10-9-19-46(49)47-34-43(28-31-50(47)60)44-29-32-52-54(35-44)61-53-22-12-11-21-51(53)59(52)45-30-27-38-15-7-8-18-42(38)33-45/h1-36H. The second kappa shape index (κ2) is 14.2. The summed E-state index contributed by atoms with van der Waals surface area (Å²) in [6, 6.07) is 76.7. The van der Waals surface area contributed by atoms with E-state index >= 15 is 0 Å². The largest absolute Gasteiger partial charge is 0.453 e. The molecule has 0 radical (unpaired) electrons. The summed E-state index contributed by atoms with van der Waals surface area (Å²) in [4.78, 5) is 12.7. The van der Waals surface area contributed by atoms with Gasteiger partial charge in [0, 0.05) is 33.7 Å². The van der Waals surface area contributed by atoms with Crippen molar-refractivity contribution in [3.05, 3.63) is 218 Å². The fraction of sp³-hybridized carbons (Fsp3) is 0. The first-order valence-corrected chi connectivity index (χ1v) is 20.6. The molecule has 11 aromatic rings. The molecule has 0 saturated heterocycles. The van der Waals surface area contributed by atoms with Crippen LogP contribution in [0.25, 0.3) is 83.3 Å². The Labute approximate surface area is 353 Å². The monoisotopic (exact) mass is 780 g/mol. The van der Waals surface area contributed by atoms with Crippen LogP contribution in [0.1, 0.15) is 0 Å². The van der Waals surface area contributed by atoms with Crippen LogP contribution in [0.3, 0.4) is 0 Å². The molecule has 5 nitrogen and oxygen atoms in total. The Hall–Kier alpha value is -8.28. The molecule has 2 aromatic heterocycles. The number of benzene rings is 9. The minimum atomic E-state index is 0.677. The summed E-state index contributed by atoms with van der Waals surface area (Å²) >= 11 is 0. The number of para-hydroxylation sites is 3. The predicted octanol–water partition coefficient (Wildman–Crippen LogP) is 15.0. The van der Waals surface area contributed by atoms with Gasteiger partial charge in [-0.15, -0.1) is 0 Å². The lowest BCUT2D eigenvalue weighted by Gasteiger charge is -2.33. The molecule has 0 spiro atoms. The van der Waals surface area contributed by atoms with Crippen LogP contribution < -0.4 is 9.64 Å². The second-order valence-corrected chi connectivity index (χ2v) is 15.4. The van der Waals surface area contributed by atoms with E-state index in [4.69, 9.17) is 14.7 Å². The number of aromatic nitrogens is 3. The van der Waals surface area contributed by atoms with Crippen LogP contribution in [-0.4, -0.2) is 14.5 Å². The van der Waals surface area contributed by atoms with Crippen molar-refractivity contribution in [3.63, 3.8) is 0 Å². The van der Waals surface area contributed by atoms with Gasteiger partial charge in [0.15, 0.2) is 17.3 Å². The van der Waals surface area contributed by atoms with E-state index in [-0.39, 0.29) is 0 Å². The summed E-state index contributed by atoms with van der Waals surface area (Å²) in [7, 11) is 0. The molecule has 0 N–H and O–H groups in total. The molecular formula is C56H36N4O. The van der Waals surface area contributed by atoms with Gasteiger partial charge in [-0.3, -0.25) is 4.57 Å². The fourth-order valence-electron chi connectivity index (χ4n) is 8.81. The molecule has 0 aliphatic carbocycles. The number of nitrogens with zero attached hydrogens (tertiary/aromatic N) is 4. The van der Waals surface area contributed by atoms with Gasteiger partial charge in [-0.05, 0) is 87.6 Å². The molecule has 0 saturated carbocycles. The Morgan fingerprint density at radius 2 is 0.984 bits per heavy atom. The molecule has 0 bridgehead atoms. The SMILES string of the molecule is c1ccc(-c2ccc(-c3cc(-n4c5ccccc5c5cc(-c6ccc7c(c6)Oc6ccccc6N7c6ccc7ccccc7c6)ccc54)nc(-c4ccccc4)n3)cc2)cc1.